The van der Waals surface area contributed by atoms with Crippen LogP contribution in [0.15, 0.2) is 41.4 Å². The van der Waals surface area contributed by atoms with Gasteiger partial charge in [-0.05, 0) is 17.5 Å². The maximum absolute atomic E-state index is 11.0. The molecular weight excluding hydrogens is 214 g/mol. The average molecular weight is 225 g/mol. The Kier molecular flexibility index (Phi) is 2.08. The molecule has 84 valence electrons. The zero-order valence-electron chi connectivity index (χ0n) is 9.32. The van der Waals surface area contributed by atoms with Crippen molar-refractivity contribution in [2.75, 3.05) is 5.32 Å². The summed E-state index contributed by atoms with van der Waals surface area (Å²) in [7, 11) is 0. The molecule has 0 radical (unpaired) electrons. The molecular formula is C13H11N3O. The van der Waals surface area contributed by atoms with Gasteiger partial charge < -0.3 is 5.32 Å². The number of rotatable bonds is 0. The molecule has 2 N–H and O–H groups in total. The molecule has 2 aromatic rings. The number of nitrogens with one attached hydrogen (secondary N) is 2. The van der Waals surface area contributed by atoms with Crippen LogP contribution < -0.4 is 10.6 Å². The first-order valence-corrected chi connectivity index (χ1v) is 5.39. The molecule has 2 aromatic carbocycles. The fourth-order valence-corrected chi connectivity index (χ4v) is 2.02. The van der Waals surface area contributed by atoms with Gasteiger partial charge in [0.05, 0.1) is 11.4 Å². The molecule has 17 heavy (non-hydrogen) atoms. The van der Waals surface area contributed by atoms with Crippen LogP contribution in [0.3, 0.4) is 0 Å². The first kappa shape index (κ1) is 9.84. The quantitative estimate of drug-likeness (QED) is 0.723. The minimum absolute atomic E-state index is 0.136. The van der Waals surface area contributed by atoms with Crippen LogP contribution in [-0.4, -0.2) is 11.9 Å². The molecule has 0 unspecified atom stereocenters. The number of hydrogen-bond donors (Lipinski definition) is 2. The normalized spacial score (nSPS) is 12.9. The van der Waals surface area contributed by atoms with Crippen molar-refractivity contribution in [3.05, 3.63) is 36.4 Å². The van der Waals surface area contributed by atoms with Crippen molar-refractivity contribution in [1.29, 1.82) is 0 Å². The van der Waals surface area contributed by atoms with E-state index in [4.69, 9.17) is 0 Å². The highest BCUT2D eigenvalue weighted by Crippen LogP contribution is 2.34. The van der Waals surface area contributed by atoms with Gasteiger partial charge in [-0.15, -0.1) is 0 Å². The van der Waals surface area contributed by atoms with Gasteiger partial charge in [0, 0.05) is 12.3 Å². The number of guanidine groups is 1. The Morgan fingerprint density at radius 1 is 1.24 bits per heavy atom. The highest BCUT2D eigenvalue weighted by Gasteiger charge is 2.14. The molecule has 0 saturated carbocycles. The lowest BCUT2D eigenvalue weighted by molar-refractivity contribution is -0.117. The number of carbonyl (C=O) groups excluding carboxylic acids is 1. The predicted molar refractivity (Wildman–Crippen MR) is 68.5 cm³/mol. The highest BCUT2D eigenvalue weighted by atomic mass is 16.1. The second kappa shape index (κ2) is 3.59. The molecule has 3 rings (SSSR count). The van der Waals surface area contributed by atoms with E-state index in [0.29, 0.717) is 5.96 Å². The van der Waals surface area contributed by atoms with Gasteiger partial charge in [-0.3, -0.25) is 10.1 Å². The van der Waals surface area contributed by atoms with Gasteiger partial charge in [-0.2, -0.15) is 0 Å². The number of benzene rings is 2. The van der Waals surface area contributed by atoms with E-state index in [0.717, 1.165) is 22.1 Å². The summed E-state index contributed by atoms with van der Waals surface area (Å²) in [6.07, 6.45) is 0. The monoisotopic (exact) mass is 225 g/mol. The Morgan fingerprint density at radius 2 is 2.00 bits per heavy atom. The lowest BCUT2D eigenvalue weighted by atomic mass is 10.1. The second-order valence-electron chi connectivity index (χ2n) is 3.95. The van der Waals surface area contributed by atoms with E-state index in [9.17, 15) is 4.79 Å². The number of aliphatic imine (C=N–C) groups is 1. The van der Waals surface area contributed by atoms with E-state index in [2.05, 4.69) is 15.6 Å². The maximum atomic E-state index is 11.0. The molecule has 0 bridgehead atoms. The molecule has 4 nitrogen and oxygen atoms in total. The first-order chi connectivity index (χ1) is 8.24. The Morgan fingerprint density at radius 3 is 2.76 bits per heavy atom. The Bertz CT molecular complexity index is 641. The van der Waals surface area contributed by atoms with Crippen molar-refractivity contribution in [3.63, 3.8) is 0 Å². The third-order valence-corrected chi connectivity index (χ3v) is 2.66. The Labute approximate surface area is 98.4 Å². The lowest BCUT2D eigenvalue weighted by Crippen LogP contribution is -2.35. The number of amides is 1. The Balaban J connectivity index is 2.19. The second-order valence-corrected chi connectivity index (χ2v) is 3.95. The van der Waals surface area contributed by atoms with E-state index in [1.165, 1.54) is 6.92 Å². The number of hydrogen-bond acceptors (Lipinski definition) is 3. The van der Waals surface area contributed by atoms with E-state index in [-0.39, 0.29) is 5.91 Å². The van der Waals surface area contributed by atoms with Gasteiger partial charge in [0.25, 0.3) is 0 Å². The van der Waals surface area contributed by atoms with Crippen molar-refractivity contribution >= 4 is 34.0 Å². The van der Waals surface area contributed by atoms with Gasteiger partial charge in [0.1, 0.15) is 0 Å². The van der Waals surface area contributed by atoms with Crippen molar-refractivity contribution in [2.24, 2.45) is 4.99 Å². The van der Waals surface area contributed by atoms with E-state index >= 15 is 0 Å². The van der Waals surface area contributed by atoms with Gasteiger partial charge in [0.2, 0.25) is 11.9 Å². The molecule has 1 aliphatic rings. The number of anilines is 1. The third kappa shape index (κ3) is 1.63. The van der Waals surface area contributed by atoms with E-state index in [1.807, 2.05) is 36.4 Å². The molecule has 1 aliphatic heterocycles. The van der Waals surface area contributed by atoms with Crippen LogP contribution in [0.4, 0.5) is 11.4 Å². The van der Waals surface area contributed by atoms with Crippen molar-refractivity contribution in [3.8, 4) is 0 Å². The maximum Gasteiger partial charge on any atom is 0.223 e. The molecule has 0 fully saturated rings. The molecule has 1 amide bonds. The highest BCUT2D eigenvalue weighted by molar-refractivity contribution is 6.15. The summed E-state index contributed by atoms with van der Waals surface area (Å²) in [6.45, 7) is 1.46. The van der Waals surface area contributed by atoms with Crippen LogP contribution in [0.5, 0.6) is 0 Å². The number of nitrogens with zero attached hydrogens (tertiary/aromatic N) is 1. The fraction of sp³-hybridized carbons (Fsp3) is 0.0769. The summed E-state index contributed by atoms with van der Waals surface area (Å²) in [5.41, 5.74) is 1.84. The fourth-order valence-electron chi connectivity index (χ4n) is 2.02. The summed E-state index contributed by atoms with van der Waals surface area (Å²) < 4.78 is 0. The summed E-state index contributed by atoms with van der Waals surface area (Å²) in [5.74, 6) is 0.339. The van der Waals surface area contributed by atoms with Crippen LogP contribution >= 0.6 is 0 Å². The van der Waals surface area contributed by atoms with Crippen LogP contribution in [0.1, 0.15) is 6.92 Å². The van der Waals surface area contributed by atoms with E-state index < -0.39 is 0 Å². The third-order valence-electron chi connectivity index (χ3n) is 2.66. The summed E-state index contributed by atoms with van der Waals surface area (Å²) in [4.78, 5) is 15.4. The van der Waals surface area contributed by atoms with Crippen LogP contribution in [-0.2, 0) is 4.79 Å². The van der Waals surface area contributed by atoms with Crippen molar-refractivity contribution < 1.29 is 4.79 Å². The number of carbonyl (C=O) groups is 1. The molecule has 0 atom stereocenters. The van der Waals surface area contributed by atoms with Crippen molar-refractivity contribution in [2.45, 2.75) is 6.92 Å². The first-order valence-electron chi connectivity index (χ1n) is 5.39. The van der Waals surface area contributed by atoms with Gasteiger partial charge in [-0.25, -0.2) is 4.99 Å². The summed E-state index contributed by atoms with van der Waals surface area (Å²) in [5, 5.41) is 8.00. The summed E-state index contributed by atoms with van der Waals surface area (Å²) >= 11 is 0. The Hall–Kier alpha value is -2.36. The predicted octanol–water partition coefficient (Wildman–Crippen LogP) is 2.39. The zero-order valence-corrected chi connectivity index (χ0v) is 9.32. The van der Waals surface area contributed by atoms with Crippen molar-refractivity contribution in [1.82, 2.24) is 5.32 Å². The van der Waals surface area contributed by atoms with Crippen LogP contribution in [0.2, 0.25) is 0 Å². The molecule has 0 saturated heterocycles. The SMILES string of the molecule is CC(=O)NC1=Nc2cccc3cccc(c23)N1. The zero-order chi connectivity index (χ0) is 11.8. The largest absolute Gasteiger partial charge is 0.325 e. The minimum Gasteiger partial charge on any atom is -0.325 e. The molecule has 1 heterocycles. The molecule has 0 aromatic heterocycles. The van der Waals surface area contributed by atoms with Crippen LogP contribution in [0.25, 0.3) is 10.8 Å². The van der Waals surface area contributed by atoms with Gasteiger partial charge >= 0.3 is 0 Å². The van der Waals surface area contributed by atoms with Gasteiger partial charge in [-0.1, -0.05) is 24.3 Å². The molecule has 0 aliphatic carbocycles. The average Bonchev–Trinajstić information content (AvgIpc) is 2.28. The molecule has 0 spiro atoms. The van der Waals surface area contributed by atoms with Gasteiger partial charge in [0.15, 0.2) is 0 Å². The minimum atomic E-state index is -0.136. The van der Waals surface area contributed by atoms with Crippen LogP contribution in [0, 0.1) is 0 Å². The lowest BCUT2D eigenvalue weighted by Gasteiger charge is -2.18. The topological polar surface area (TPSA) is 53.5 Å². The smallest absolute Gasteiger partial charge is 0.223 e. The summed E-state index contributed by atoms with van der Waals surface area (Å²) in [6, 6.07) is 11.9. The van der Waals surface area contributed by atoms with E-state index in [1.54, 1.807) is 0 Å². The standard InChI is InChI=1S/C13H11N3O/c1-8(17)14-13-15-10-6-2-4-9-5-3-7-11(16-13)12(9)10/h2-7H,1H3,(H2,14,15,16,17). The molecule has 4 heteroatoms.